The number of amides is 2. The SMILES string of the molecule is CCCCC(CC)CC(c1ccccc1)N1C(=O)c2ccccc2C1=O. The van der Waals surface area contributed by atoms with Crippen LogP contribution < -0.4 is 0 Å². The van der Waals surface area contributed by atoms with Gasteiger partial charge in [0.2, 0.25) is 0 Å². The zero-order valence-electron chi connectivity index (χ0n) is 15.7. The Bertz CT molecular complexity index is 734. The van der Waals surface area contributed by atoms with Crippen molar-refractivity contribution < 1.29 is 9.59 Å². The van der Waals surface area contributed by atoms with Crippen LogP contribution in [0.1, 0.15) is 78.3 Å². The van der Waals surface area contributed by atoms with Gasteiger partial charge in [0.25, 0.3) is 11.8 Å². The molecule has 1 heterocycles. The maximum atomic E-state index is 13.0. The number of benzene rings is 2. The van der Waals surface area contributed by atoms with Crippen LogP contribution in [0.15, 0.2) is 54.6 Å². The lowest BCUT2D eigenvalue weighted by molar-refractivity contribution is 0.0556. The molecular formula is C23H27NO2. The van der Waals surface area contributed by atoms with Crippen molar-refractivity contribution in [1.82, 2.24) is 4.90 Å². The molecule has 0 fully saturated rings. The van der Waals surface area contributed by atoms with Crippen LogP contribution >= 0.6 is 0 Å². The molecule has 3 nitrogen and oxygen atoms in total. The minimum Gasteiger partial charge on any atom is -0.269 e. The number of carbonyl (C=O) groups is 2. The number of unbranched alkanes of at least 4 members (excludes halogenated alkanes) is 1. The monoisotopic (exact) mass is 349 g/mol. The van der Waals surface area contributed by atoms with E-state index in [0.717, 1.165) is 24.8 Å². The first kappa shape index (κ1) is 18.4. The highest BCUT2D eigenvalue weighted by Crippen LogP contribution is 2.36. The quantitative estimate of drug-likeness (QED) is 0.579. The second-order valence-electron chi connectivity index (χ2n) is 7.10. The van der Waals surface area contributed by atoms with Crippen LogP contribution in [0.2, 0.25) is 0 Å². The van der Waals surface area contributed by atoms with E-state index in [0.29, 0.717) is 17.0 Å². The predicted octanol–water partition coefficient (Wildman–Crippen LogP) is 5.63. The minimum absolute atomic E-state index is 0.162. The molecule has 2 aromatic rings. The Balaban J connectivity index is 1.94. The highest BCUT2D eigenvalue weighted by molar-refractivity contribution is 6.21. The number of rotatable bonds is 8. The van der Waals surface area contributed by atoms with Crippen LogP contribution in [0, 0.1) is 5.92 Å². The van der Waals surface area contributed by atoms with E-state index in [9.17, 15) is 9.59 Å². The Morgan fingerprint density at radius 2 is 1.42 bits per heavy atom. The van der Waals surface area contributed by atoms with Crippen LogP contribution in [-0.2, 0) is 0 Å². The number of carbonyl (C=O) groups excluding carboxylic acids is 2. The fourth-order valence-corrected chi connectivity index (χ4v) is 3.85. The Labute approximate surface area is 156 Å². The van der Waals surface area contributed by atoms with E-state index in [4.69, 9.17) is 0 Å². The standard InChI is InChI=1S/C23H27NO2/c1-3-5-11-17(4-2)16-21(18-12-7-6-8-13-18)24-22(25)19-14-9-10-15-20(19)23(24)26/h6-10,12-15,17,21H,3-5,11,16H2,1-2H3. The van der Waals surface area contributed by atoms with Gasteiger partial charge in [0, 0.05) is 0 Å². The van der Waals surface area contributed by atoms with Gasteiger partial charge in [-0.05, 0) is 30.0 Å². The molecule has 3 rings (SSSR count). The highest BCUT2D eigenvalue weighted by atomic mass is 16.2. The first-order valence-electron chi connectivity index (χ1n) is 9.69. The number of imide groups is 1. The summed E-state index contributed by atoms with van der Waals surface area (Å²) >= 11 is 0. The number of fused-ring (bicyclic) bond motifs is 1. The Morgan fingerprint density at radius 1 is 0.846 bits per heavy atom. The summed E-state index contributed by atoms with van der Waals surface area (Å²) < 4.78 is 0. The Kier molecular flexibility index (Phi) is 5.87. The Morgan fingerprint density at radius 3 is 1.96 bits per heavy atom. The van der Waals surface area contributed by atoms with Crippen LogP contribution in [0.5, 0.6) is 0 Å². The van der Waals surface area contributed by atoms with Crippen molar-refractivity contribution in [2.75, 3.05) is 0 Å². The summed E-state index contributed by atoms with van der Waals surface area (Å²) in [6, 6.07) is 16.9. The van der Waals surface area contributed by atoms with E-state index >= 15 is 0 Å². The van der Waals surface area contributed by atoms with Gasteiger partial charge in [-0.1, -0.05) is 82.0 Å². The van der Waals surface area contributed by atoms with E-state index in [1.165, 1.54) is 17.7 Å². The summed E-state index contributed by atoms with van der Waals surface area (Å²) in [5.41, 5.74) is 2.09. The van der Waals surface area contributed by atoms with Gasteiger partial charge >= 0.3 is 0 Å². The van der Waals surface area contributed by atoms with E-state index < -0.39 is 0 Å². The molecule has 2 atom stereocenters. The summed E-state index contributed by atoms with van der Waals surface area (Å²) in [6.45, 7) is 4.40. The molecule has 0 aliphatic carbocycles. The first-order valence-corrected chi connectivity index (χ1v) is 9.69. The van der Waals surface area contributed by atoms with Crippen molar-refractivity contribution in [3.05, 3.63) is 71.3 Å². The van der Waals surface area contributed by atoms with E-state index in [2.05, 4.69) is 13.8 Å². The Hall–Kier alpha value is -2.42. The van der Waals surface area contributed by atoms with E-state index in [-0.39, 0.29) is 17.9 Å². The molecule has 2 amide bonds. The van der Waals surface area contributed by atoms with Gasteiger partial charge in [0.15, 0.2) is 0 Å². The summed E-state index contributed by atoms with van der Waals surface area (Å²) in [7, 11) is 0. The second-order valence-corrected chi connectivity index (χ2v) is 7.10. The smallest absolute Gasteiger partial charge is 0.262 e. The zero-order chi connectivity index (χ0) is 18.5. The van der Waals surface area contributed by atoms with Crippen LogP contribution in [0.4, 0.5) is 0 Å². The maximum Gasteiger partial charge on any atom is 0.262 e. The lowest BCUT2D eigenvalue weighted by Gasteiger charge is -2.30. The second kappa shape index (κ2) is 8.31. The number of hydrogen-bond acceptors (Lipinski definition) is 2. The molecule has 1 aliphatic heterocycles. The van der Waals surface area contributed by atoms with Gasteiger partial charge in [0.1, 0.15) is 0 Å². The molecule has 0 radical (unpaired) electrons. The summed E-state index contributed by atoms with van der Waals surface area (Å²) in [6.07, 6.45) is 5.37. The average Bonchev–Trinajstić information content (AvgIpc) is 2.94. The van der Waals surface area contributed by atoms with Gasteiger partial charge in [-0.15, -0.1) is 0 Å². The lowest BCUT2D eigenvalue weighted by atomic mass is 9.88. The van der Waals surface area contributed by atoms with E-state index in [1.807, 2.05) is 42.5 Å². The van der Waals surface area contributed by atoms with Crippen LogP contribution in [0.3, 0.4) is 0 Å². The molecule has 0 aromatic heterocycles. The summed E-state index contributed by atoms with van der Waals surface area (Å²) in [4.78, 5) is 27.5. The lowest BCUT2D eigenvalue weighted by Crippen LogP contribution is -2.35. The molecule has 0 N–H and O–H groups in total. The first-order chi connectivity index (χ1) is 12.7. The van der Waals surface area contributed by atoms with Crippen molar-refractivity contribution >= 4 is 11.8 Å². The molecule has 0 bridgehead atoms. The molecule has 136 valence electrons. The van der Waals surface area contributed by atoms with Crippen LogP contribution in [-0.4, -0.2) is 16.7 Å². The van der Waals surface area contributed by atoms with Crippen molar-refractivity contribution in [2.24, 2.45) is 5.92 Å². The largest absolute Gasteiger partial charge is 0.269 e. The van der Waals surface area contributed by atoms with Gasteiger partial charge < -0.3 is 0 Å². The third-order valence-electron chi connectivity index (χ3n) is 5.42. The molecule has 2 aromatic carbocycles. The van der Waals surface area contributed by atoms with Crippen molar-refractivity contribution in [3.8, 4) is 0 Å². The fourth-order valence-electron chi connectivity index (χ4n) is 3.85. The number of hydrogen-bond donors (Lipinski definition) is 0. The highest BCUT2D eigenvalue weighted by Gasteiger charge is 2.40. The molecular weight excluding hydrogens is 322 g/mol. The predicted molar refractivity (Wildman–Crippen MR) is 104 cm³/mol. The average molecular weight is 349 g/mol. The molecule has 0 spiro atoms. The van der Waals surface area contributed by atoms with Gasteiger partial charge in [-0.25, -0.2) is 0 Å². The molecule has 3 heteroatoms. The van der Waals surface area contributed by atoms with Crippen molar-refractivity contribution in [1.29, 1.82) is 0 Å². The topological polar surface area (TPSA) is 37.4 Å². The van der Waals surface area contributed by atoms with Crippen LogP contribution in [0.25, 0.3) is 0 Å². The van der Waals surface area contributed by atoms with Gasteiger partial charge in [-0.3, -0.25) is 14.5 Å². The minimum atomic E-state index is -0.203. The zero-order valence-corrected chi connectivity index (χ0v) is 15.7. The van der Waals surface area contributed by atoms with E-state index in [1.54, 1.807) is 12.1 Å². The third kappa shape index (κ3) is 3.57. The normalized spacial score (nSPS) is 15.8. The fraction of sp³-hybridized carbons (Fsp3) is 0.391. The van der Waals surface area contributed by atoms with Gasteiger partial charge in [0.05, 0.1) is 17.2 Å². The van der Waals surface area contributed by atoms with Crippen molar-refractivity contribution in [2.45, 2.75) is 52.0 Å². The maximum absolute atomic E-state index is 13.0. The van der Waals surface area contributed by atoms with Crippen molar-refractivity contribution in [3.63, 3.8) is 0 Å². The van der Waals surface area contributed by atoms with Gasteiger partial charge in [-0.2, -0.15) is 0 Å². The molecule has 0 saturated carbocycles. The molecule has 26 heavy (non-hydrogen) atoms. The molecule has 1 aliphatic rings. The molecule has 0 saturated heterocycles. The summed E-state index contributed by atoms with van der Waals surface area (Å²) in [5, 5.41) is 0. The third-order valence-corrected chi connectivity index (χ3v) is 5.42. The molecule has 2 unspecified atom stereocenters. The summed E-state index contributed by atoms with van der Waals surface area (Å²) in [5.74, 6) is 0.180. The number of nitrogens with zero attached hydrogens (tertiary/aromatic N) is 1.